The minimum atomic E-state index is 0.468. The Labute approximate surface area is 124 Å². The summed E-state index contributed by atoms with van der Waals surface area (Å²) < 4.78 is 6.48. The molecule has 0 bridgehead atoms. The summed E-state index contributed by atoms with van der Waals surface area (Å²) in [6, 6.07) is 2.59. The number of hydrogen-bond acceptors (Lipinski definition) is 3. The minimum Gasteiger partial charge on any atom is -0.496 e. The molecule has 1 aliphatic heterocycles. The molecule has 2 unspecified atom stereocenters. The average Bonchev–Trinajstić information content (AvgIpc) is 2.75. The molecule has 1 aromatic carbocycles. The van der Waals surface area contributed by atoms with Crippen molar-refractivity contribution in [2.75, 3.05) is 27.2 Å². The number of halogens is 1. The third kappa shape index (κ3) is 2.67. The van der Waals surface area contributed by atoms with Gasteiger partial charge < -0.3 is 10.5 Å². The first-order chi connectivity index (χ1) is 8.99. The van der Waals surface area contributed by atoms with Crippen LogP contribution in [0.5, 0.6) is 5.75 Å². The molecule has 0 spiro atoms. The Hall–Kier alpha value is -0.580. The molecule has 2 rings (SSSR count). The summed E-state index contributed by atoms with van der Waals surface area (Å²) in [5.41, 5.74) is 9.84. The van der Waals surface area contributed by atoms with E-state index in [0.29, 0.717) is 12.0 Å². The highest BCUT2D eigenvalue weighted by atomic mass is 79.9. The van der Waals surface area contributed by atoms with Crippen LogP contribution in [0.1, 0.15) is 29.2 Å². The molecule has 1 fully saturated rings. The van der Waals surface area contributed by atoms with Gasteiger partial charge in [-0.15, -0.1) is 0 Å². The van der Waals surface area contributed by atoms with Crippen LogP contribution in [0.15, 0.2) is 10.5 Å². The van der Waals surface area contributed by atoms with E-state index < -0.39 is 0 Å². The second kappa shape index (κ2) is 5.81. The van der Waals surface area contributed by atoms with Gasteiger partial charge in [0.2, 0.25) is 0 Å². The number of ether oxygens (including phenoxy) is 1. The number of rotatable bonds is 3. The first kappa shape index (κ1) is 14.8. The van der Waals surface area contributed by atoms with Crippen molar-refractivity contribution in [3.05, 3.63) is 27.2 Å². The van der Waals surface area contributed by atoms with Crippen molar-refractivity contribution in [3.63, 3.8) is 0 Å². The van der Waals surface area contributed by atoms with Gasteiger partial charge in [0.1, 0.15) is 5.75 Å². The van der Waals surface area contributed by atoms with Crippen LogP contribution < -0.4 is 10.5 Å². The first-order valence-corrected chi connectivity index (χ1v) is 7.52. The molecule has 0 amide bonds. The lowest BCUT2D eigenvalue weighted by atomic mass is 9.92. The van der Waals surface area contributed by atoms with Gasteiger partial charge in [0, 0.05) is 12.6 Å². The molecule has 2 N–H and O–H groups in total. The molecule has 1 heterocycles. The van der Waals surface area contributed by atoms with Gasteiger partial charge in [-0.2, -0.15) is 0 Å². The topological polar surface area (TPSA) is 38.5 Å². The Morgan fingerprint density at radius 2 is 2.16 bits per heavy atom. The van der Waals surface area contributed by atoms with E-state index in [2.05, 4.69) is 47.8 Å². The summed E-state index contributed by atoms with van der Waals surface area (Å²) in [5.74, 6) is 1.52. The smallest absolute Gasteiger partial charge is 0.133 e. The predicted molar refractivity (Wildman–Crippen MR) is 82.7 cm³/mol. The molecule has 4 heteroatoms. The Bertz CT molecular complexity index is 476. The Morgan fingerprint density at radius 3 is 2.68 bits per heavy atom. The quantitative estimate of drug-likeness (QED) is 0.927. The minimum absolute atomic E-state index is 0.468. The number of methoxy groups -OCH3 is 1. The fourth-order valence-electron chi connectivity index (χ4n) is 3.21. The van der Waals surface area contributed by atoms with E-state index in [-0.39, 0.29) is 0 Å². The summed E-state index contributed by atoms with van der Waals surface area (Å²) in [5, 5.41) is 0. The summed E-state index contributed by atoms with van der Waals surface area (Å²) in [6.45, 7) is 6.19. The summed E-state index contributed by atoms with van der Waals surface area (Å²) in [7, 11) is 3.90. The number of likely N-dealkylation sites (tertiary alicyclic amines) is 1. The summed E-state index contributed by atoms with van der Waals surface area (Å²) >= 11 is 3.66. The first-order valence-electron chi connectivity index (χ1n) is 6.73. The van der Waals surface area contributed by atoms with Crippen LogP contribution in [-0.4, -0.2) is 32.1 Å². The van der Waals surface area contributed by atoms with Crippen LogP contribution in [-0.2, 0) is 0 Å². The van der Waals surface area contributed by atoms with Crippen molar-refractivity contribution in [2.24, 2.45) is 11.7 Å². The molecule has 0 aliphatic carbocycles. The molecule has 0 radical (unpaired) electrons. The zero-order valence-electron chi connectivity index (χ0n) is 12.2. The van der Waals surface area contributed by atoms with Gasteiger partial charge >= 0.3 is 0 Å². The van der Waals surface area contributed by atoms with E-state index in [1.807, 2.05) is 0 Å². The molecule has 1 aliphatic rings. The molecule has 1 aromatic rings. The van der Waals surface area contributed by atoms with E-state index in [0.717, 1.165) is 29.7 Å². The SMILES string of the molecule is COc1cc(C)c(C2CC(CN)CN2C)c(C)c1Br. The van der Waals surface area contributed by atoms with Gasteiger partial charge in [0.15, 0.2) is 0 Å². The number of nitrogens with zero attached hydrogens (tertiary/aromatic N) is 1. The van der Waals surface area contributed by atoms with Crippen molar-refractivity contribution in [2.45, 2.75) is 26.3 Å². The van der Waals surface area contributed by atoms with Crippen molar-refractivity contribution in [3.8, 4) is 5.75 Å². The largest absolute Gasteiger partial charge is 0.496 e. The van der Waals surface area contributed by atoms with E-state index in [9.17, 15) is 0 Å². The van der Waals surface area contributed by atoms with E-state index in [1.165, 1.54) is 16.7 Å². The Morgan fingerprint density at radius 1 is 1.47 bits per heavy atom. The van der Waals surface area contributed by atoms with Crippen LogP contribution in [0.25, 0.3) is 0 Å². The maximum atomic E-state index is 5.83. The number of benzene rings is 1. The highest BCUT2D eigenvalue weighted by Crippen LogP contribution is 2.41. The Balaban J connectivity index is 2.43. The monoisotopic (exact) mass is 326 g/mol. The highest BCUT2D eigenvalue weighted by Gasteiger charge is 2.32. The lowest BCUT2D eigenvalue weighted by Gasteiger charge is -2.25. The molecular weight excluding hydrogens is 304 g/mol. The summed E-state index contributed by atoms with van der Waals surface area (Å²) in [4.78, 5) is 2.42. The number of aryl methyl sites for hydroxylation is 1. The average molecular weight is 327 g/mol. The predicted octanol–water partition coefficient (Wildman–Crippen LogP) is 3.03. The lowest BCUT2D eigenvalue weighted by molar-refractivity contribution is 0.311. The van der Waals surface area contributed by atoms with Crippen LogP contribution in [0.4, 0.5) is 0 Å². The fourth-order valence-corrected chi connectivity index (χ4v) is 3.70. The maximum Gasteiger partial charge on any atom is 0.133 e. The van der Waals surface area contributed by atoms with Gasteiger partial charge in [-0.1, -0.05) is 0 Å². The van der Waals surface area contributed by atoms with Gasteiger partial charge in [-0.25, -0.2) is 0 Å². The molecule has 19 heavy (non-hydrogen) atoms. The van der Waals surface area contributed by atoms with E-state index in [1.54, 1.807) is 7.11 Å². The second-order valence-electron chi connectivity index (χ2n) is 5.54. The molecule has 2 atom stereocenters. The molecule has 0 aromatic heterocycles. The van der Waals surface area contributed by atoms with Crippen LogP contribution >= 0.6 is 15.9 Å². The molecule has 106 valence electrons. The number of nitrogens with two attached hydrogens (primary N) is 1. The maximum absolute atomic E-state index is 5.83. The van der Waals surface area contributed by atoms with Gasteiger partial charge in [-0.3, -0.25) is 4.90 Å². The normalized spacial score (nSPS) is 23.9. The van der Waals surface area contributed by atoms with Crippen LogP contribution in [0.2, 0.25) is 0 Å². The van der Waals surface area contributed by atoms with Crippen LogP contribution in [0.3, 0.4) is 0 Å². The lowest BCUT2D eigenvalue weighted by Crippen LogP contribution is -2.21. The van der Waals surface area contributed by atoms with Gasteiger partial charge in [0.25, 0.3) is 0 Å². The summed E-state index contributed by atoms with van der Waals surface area (Å²) in [6.07, 6.45) is 1.15. The Kier molecular flexibility index (Phi) is 4.54. The fraction of sp³-hybridized carbons (Fsp3) is 0.600. The second-order valence-corrected chi connectivity index (χ2v) is 6.33. The standard InChI is InChI=1S/C15H23BrN2O/c1-9-5-13(19-4)15(16)10(2)14(9)12-6-11(7-17)8-18(12)3/h5,11-12H,6-8,17H2,1-4H3. The third-order valence-electron chi connectivity index (χ3n) is 4.24. The third-order valence-corrected chi connectivity index (χ3v) is 5.23. The van der Waals surface area contributed by atoms with E-state index >= 15 is 0 Å². The van der Waals surface area contributed by atoms with Crippen molar-refractivity contribution < 1.29 is 4.74 Å². The van der Waals surface area contributed by atoms with Crippen molar-refractivity contribution >= 4 is 15.9 Å². The number of hydrogen-bond donors (Lipinski definition) is 1. The van der Waals surface area contributed by atoms with Crippen LogP contribution in [0, 0.1) is 19.8 Å². The molecule has 1 saturated heterocycles. The molecule has 3 nitrogen and oxygen atoms in total. The zero-order valence-corrected chi connectivity index (χ0v) is 13.8. The van der Waals surface area contributed by atoms with Gasteiger partial charge in [-0.05, 0) is 78.5 Å². The molecule has 0 saturated carbocycles. The zero-order chi connectivity index (χ0) is 14.2. The van der Waals surface area contributed by atoms with E-state index in [4.69, 9.17) is 10.5 Å². The van der Waals surface area contributed by atoms with Crippen molar-refractivity contribution in [1.82, 2.24) is 4.90 Å². The van der Waals surface area contributed by atoms with Gasteiger partial charge in [0.05, 0.1) is 11.6 Å². The highest BCUT2D eigenvalue weighted by molar-refractivity contribution is 9.10. The molecular formula is C15H23BrN2O. The van der Waals surface area contributed by atoms with Crippen molar-refractivity contribution in [1.29, 1.82) is 0 Å².